The summed E-state index contributed by atoms with van der Waals surface area (Å²) in [6, 6.07) is 15.7. The zero-order valence-electron chi connectivity index (χ0n) is 16.3. The summed E-state index contributed by atoms with van der Waals surface area (Å²) in [5.74, 6) is 1.14. The molecular weight excluding hydrogens is 458 g/mol. The smallest absolute Gasteiger partial charge is 0.226 e. The van der Waals surface area contributed by atoms with Crippen LogP contribution in [0.4, 0.5) is 0 Å². The van der Waals surface area contributed by atoms with Crippen LogP contribution in [0.2, 0.25) is 5.02 Å². The van der Waals surface area contributed by atoms with Gasteiger partial charge >= 0.3 is 0 Å². The molecule has 0 saturated heterocycles. The molecule has 0 aliphatic carbocycles. The lowest BCUT2D eigenvalue weighted by molar-refractivity contribution is -0.158. The minimum atomic E-state index is -0.700. The van der Waals surface area contributed by atoms with E-state index in [1.54, 1.807) is 0 Å². The van der Waals surface area contributed by atoms with E-state index in [0.29, 0.717) is 19.6 Å². The van der Waals surface area contributed by atoms with Crippen molar-refractivity contribution in [1.29, 1.82) is 0 Å². The van der Waals surface area contributed by atoms with Crippen molar-refractivity contribution in [3.05, 3.63) is 53.6 Å². The van der Waals surface area contributed by atoms with Crippen molar-refractivity contribution in [2.45, 2.75) is 25.9 Å². The van der Waals surface area contributed by atoms with Crippen LogP contribution in [-0.2, 0) is 4.84 Å². The first kappa shape index (κ1) is 23.0. The highest BCUT2D eigenvalue weighted by Crippen LogP contribution is 2.24. The average Bonchev–Trinajstić information content (AvgIpc) is 2.64. The van der Waals surface area contributed by atoms with E-state index in [4.69, 9.17) is 32.6 Å². The Morgan fingerprint density at radius 2 is 1.55 bits per heavy atom. The molecule has 0 fully saturated rings. The third kappa shape index (κ3) is 6.09. The number of ether oxygens (including phenoxy) is 1. The van der Waals surface area contributed by atoms with Crippen molar-refractivity contribution in [3.63, 3.8) is 0 Å². The lowest BCUT2D eigenvalue weighted by atomic mass is 10.1. The number of halogens is 2. The highest BCUT2D eigenvalue weighted by molar-refractivity contribution is 8.93. The maximum atomic E-state index is 5.93. The van der Waals surface area contributed by atoms with Gasteiger partial charge in [-0.1, -0.05) is 35.9 Å². The van der Waals surface area contributed by atoms with E-state index in [2.05, 4.69) is 9.98 Å². The van der Waals surface area contributed by atoms with Gasteiger partial charge in [0, 0.05) is 11.4 Å². The van der Waals surface area contributed by atoms with Crippen molar-refractivity contribution in [1.82, 2.24) is 5.06 Å². The molecule has 4 N–H and O–H groups in total. The minimum Gasteiger partial charge on any atom is -0.494 e. The van der Waals surface area contributed by atoms with E-state index in [1.807, 2.05) is 62.4 Å². The number of nitrogens with two attached hydrogens (primary N) is 2. The van der Waals surface area contributed by atoms with E-state index in [-0.39, 0.29) is 28.9 Å². The van der Waals surface area contributed by atoms with Crippen LogP contribution in [0.15, 0.2) is 58.5 Å². The quantitative estimate of drug-likeness (QED) is 0.582. The Balaban J connectivity index is 0.00000300. The number of hydrogen-bond acceptors (Lipinski definition) is 7. The standard InChI is InChI=1S/C20H24ClN5O2.BrH/c1-20(2)25-18(22)24-19(23)26(20)28-13-3-12-27-17-10-6-15(7-11-17)14-4-8-16(21)9-5-14;/h4-11H,3,12-13H2,1-2H3,(H4,22,23,24,25);1H. The fourth-order valence-electron chi connectivity index (χ4n) is 2.81. The van der Waals surface area contributed by atoms with Crippen molar-refractivity contribution in [3.8, 4) is 16.9 Å². The summed E-state index contributed by atoms with van der Waals surface area (Å²) in [6.45, 7) is 4.62. The molecule has 2 aromatic rings. The van der Waals surface area contributed by atoms with Crippen LogP contribution >= 0.6 is 28.6 Å². The molecule has 0 amide bonds. The largest absolute Gasteiger partial charge is 0.494 e. The number of aliphatic imine (C=N–C) groups is 2. The molecule has 0 aromatic heterocycles. The molecule has 29 heavy (non-hydrogen) atoms. The number of nitrogens with zero attached hydrogens (tertiary/aromatic N) is 3. The first-order valence-electron chi connectivity index (χ1n) is 8.96. The fourth-order valence-corrected chi connectivity index (χ4v) is 2.93. The minimum absolute atomic E-state index is 0. The second-order valence-electron chi connectivity index (χ2n) is 6.80. The van der Waals surface area contributed by atoms with Crippen LogP contribution in [0.5, 0.6) is 5.75 Å². The molecule has 0 unspecified atom stereocenters. The molecule has 7 nitrogen and oxygen atoms in total. The van der Waals surface area contributed by atoms with Gasteiger partial charge in [0.05, 0.1) is 13.2 Å². The van der Waals surface area contributed by atoms with Crippen LogP contribution in [0.25, 0.3) is 11.1 Å². The summed E-state index contributed by atoms with van der Waals surface area (Å²) in [5, 5.41) is 2.19. The molecule has 0 atom stereocenters. The van der Waals surface area contributed by atoms with Gasteiger partial charge in [0.25, 0.3) is 0 Å². The first-order chi connectivity index (χ1) is 13.3. The Morgan fingerprint density at radius 3 is 2.14 bits per heavy atom. The molecule has 9 heteroatoms. The van der Waals surface area contributed by atoms with Crippen LogP contribution < -0.4 is 16.2 Å². The zero-order valence-corrected chi connectivity index (χ0v) is 18.8. The van der Waals surface area contributed by atoms with Crippen LogP contribution in [0.1, 0.15) is 20.3 Å². The Morgan fingerprint density at radius 1 is 0.966 bits per heavy atom. The van der Waals surface area contributed by atoms with Gasteiger partial charge in [-0.05, 0) is 49.2 Å². The van der Waals surface area contributed by atoms with Crippen LogP contribution in [0, 0.1) is 0 Å². The average molecular weight is 483 g/mol. The SMILES string of the molecule is Br.CC1(C)N=C(N)N=C(N)N1OCCCOc1ccc(-c2ccc(Cl)cc2)cc1. The molecule has 156 valence electrons. The van der Waals surface area contributed by atoms with Crippen LogP contribution in [-0.4, -0.2) is 35.9 Å². The third-order valence-corrected chi connectivity index (χ3v) is 4.38. The highest BCUT2D eigenvalue weighted by Gasteiger charge is 2.32. The summed E-state index contributed by atoms with van der Waals surface area (Å²) in [4.78, 5) is 13.9. The molecule has 1 aliphatic heterocycles. The Kier molecular flexibility index (Phi) is 7.89. The van der Waals surface area contributed by atoms with Gasteiger partial charge < -0.3 is 16.2 Å². The molecule has 2 aromatic carbocycles. The van der Waals surface area contributed by atoms with Gasteiger partial charge in [-0.15, -0.1) is 17.0 Å². The molecule has 0 saturated carbocycles. The fraction of sp³-hybridized carbons (Fsp3) is 0.300. The van der Waals surface area contributed by atoms with Crippen molar-refractivity contribution < 1.29 is 9.57 Å². The predicted octanol–water partition coefficient (Wildman–Crippen LogP) is 3.97. The van der Waals surface area contributed by atoms with E-state index in [1.165, 1.54) is 5.06 Å². The Bertz CT molecular complexity index is 869. The van der Waals surface area contributed by atoms with E-state index in [9.17, 15) is 0 Å². The van der Waals surface area contributed by atoms with Gasteiger partial charge in [-0.25, -0.2) is 4.99 Å². The topological polar surface area (TPSA) is 98.5 Å². The number of guanidine groups is 2. The second-order valence-corrected chi connectivity index (χ2v) is 7.23. The molecule has 1 heterocycles. The monoisotopic (exact) mass is 481 g/mol. The maximum Gasteiger partial charge on any atom is 0.226 e. The maximum absolute atomic E-state index is 5.93. The normalized spacial score (nSPS) is 15.2. The van der Waals surface area contributed by atoms with Crippen molar-refractivity contribution in [2.24, 2.45) is 21.5 Å². The highest BCUT2D eigenvalue weighted by atomic mass is 79.9. The number of benzene rings is 2. The summed E-state index contributed by atoms with van der Waals surface area (Å²) in [6.07, 6.45) is 0.679. The Hall–Kier alpha value is -2.29. The summed E-state index contributed by atoms with van der Waals surface area (Å²) in [5.41, 5.74) is 13.0. The number of hydrogen-bond donors (Lipinski definition) is 2. The summed E-state index contributed by atoms with van der Waals surface area (Å²) >= 11 is 5.93. The lowest BCUT2D eigenvalue weighted by Crippen LogP contribution is -2.53. The number of hydroxylamine groups is 2. The molecule has 3 rings (SSSR count). The van der Waals surface area contributed by atoms with Gasteiger partial charge in [0.1, 0.15) is 5.75 Å². The predicted molar refractivity (Wildman–Crippen MR) is 122 cm³/mol. The summed E-state index contributed by atoms with van der Waals surface area (Å²) < 4.78 is 5.77. The number of rotatable bonds is 7. The Labute approximate surface area is 186 Å². The van der Waals surface area contributed by atoms with Gasteiger partial charge in [0.15, 0.2) is 5.66 Å². The lowest BCUT2D eigenvalue weighted by Gasteiger charge is -2.36. The van der Waals surface area contributed by atoms with Gasteiger partial charge in [0.2, 0.25) is 11.9 Å². The molecule has 0 bridgehead atoms. The van der Waals surface area contributed by atoms with Gasteiger partial charge in [-0.2, -0.15) is 10.1 Å². The molecular formula is C20H25BrClN5O2. The zero-order chi connectivity index (χ0) is 20.1. The van der Waals surface area contributed by atoms with Crippen molar-refractivity contribution in [2.75, 3.05) is 13.2 Å². The van der Waals surface area contributed by atoms with E-state index >= 15 is 0 Å². The third-order valence-electron chi connectivity index (χ3n) is 4.13. The van der Waals surface area contributed by atoms with Crippen molar-refractivity contribution >= 4 is 40.5 Å². The molecule has 0 radical (unpaired) electrons. The van der Waals surface area contributed by atoms with E-state index in [0.717, 1.165) is 21.9 Å². The summed E-state index contributed by atoms with van der Waals surface area (Å²) in [7, 11) is 0. The van der Waals surface area contributed by atoms with E-state index < -0.39 is 5.66 Å². The van der Waals surface area contributed by atoms with Gasteiger partial charge in [-0.3, -0.25) is 4.84 Å². The van der Waals surface area contributed by atoms with Crippen LogP contribution in [0.3, 0.4) is 0 Å². The molecule has 1 aliphatic rings. The molecule has 0 spiro atoms. The first-order valence-corrected chi connectivity index (χ1v) is 9.34. The second kappa shape index (κ2) is 9.96.